The summed E-state index contributed by atoms with van der Waals surface area (Å²) in [5, 5.41) is 12.0. The van der Waals surface area contributed by atoms with Gasteiger partial charge in [0.15, 0.2) is 11.0 Å². The molecule has 0 saturated carbocycles. The highest BCUT2D eigenvalue weighted by atomic mass is 32.2. The van der Waals surface area contributed by atoms with E-state index in [1.165, 1.54) is 5.56 Å². The molecule has 154 valence electrons. The van der Waals surface area contributed by atoms with Crippen LogP contribution in [0.3, 0.4) is 0 Å². The van der Waals surface area contributed by atoms with Gasteiger partial charge in [0.1, 0.15) is 5.82 Å². The first-order chi connectivity index (χ1) is 14.9. The first-order valence-electron chi connectivity index (χ1n) is 10.1. The molecule has 0 N–H and O–H groups in total. The van der Waals surface area contributed by atoms with Crippen molar-refractivity contribution >= 4 is 23.1 Å². The predicted octanol–water partition coefficient (Wildman–Crippen LogP) is 4.72. The van der Waals surface area contributed by atoms with Gasteiger partial charge in [-0.25, -0.2) is 4.98 Å². The second-order valence-corrected chi connectivity index (χ2v) is 9.16. The Morgan fingerprint density at radius 1 is 1.13 bits per heavy atom. The summed E-state index contributed by atoms with van der Waals surface area (Å²) >= 11 is 3.38. The molecular weight excluding hydrogens is 414 g/mol. The number of hydrogen-bond donors (Lipinski definition) is 0. The Balaban J connectivity index is 1.35. The third-order valence-corrected chi connectivity index (χ3v) is 7.02. The molecule has 8 heteroatoms. The lowest BCUT2D eigenvalue weighted by Gasteiger charge is -2.14. The minimum absolute atomic E-state index is 0.235. The maximum atomic E-state index is 5.89. The van der Waals surface area contributed by atoms with Crippen LogP contribution in [0.2, 0.25) is 0 Å². The summed E-state index contributed by atoms with van der Waals surface area (Å²) < 4.78 is 10.3. The Bertz CT molecular complexity index is 1070. The molecule has 6 nitrogen and oxygen atoms in total. The highest BCUT2D eigenvalue weighted by molar-refractivity contribution is 7.98. The van der Waals surface area contributed by atoms with Crippen LogP contribution in [0.15, 0.2) is 65.4 Å². The Hall–Kier alpha value is -2.42. The van der Waals surface area contributed by atoms with Crippen LogP contribution in [0.1, 0.15) is 24.2 Å². The van der Waals surface area contributed by atoms with E-state index < -0.39 is 0 Å². The van der Waals surface area contributed by atoms with Crippen molar-refractivity contribution in [3.63, 3.8) is 0 Å². The SMILES string of the molecule is c1ccc(Cn2ccnc2CSc2nnc(-c3cccs3)n2C[C@@H]2CCCO2)cc1. The van der Waals surface area contributed by atoms with E-state index in [1.807, 2.05) is 18.5 Å². The van der Waals surface area contributed by atoms with Gasteiger partial charge in [0, 0.05) is 25.5 Å². The number of ether oxygens (including phenoxy) is 1. The lowest BCUT2D eigenvalue weighted by molar-refractivity contribution is 0.0953. The first kappa shape index (κ1) is 19.5. The molecule has 0 bridgehead atoms. The number of thioether (sulfide) groups is 1. The fourth-order valence-corrected chi connectivity index (χ4v) is 5.30. The molecule has 1 aliphatic rings. The molecular formula is C22H23N5OS2. The van der Waals surface area contributed by atoms with Crippen LogP contribution < -0.4 is 0 Å². The van der Waals surface area contributed by atoms with Gasteiger partial charge in [-0.3, -0.25) is 4.57 Å². The van der Waals surface area contributed by atoms with E-state index in [2.05, 4.69) is 66.1 Å². The van der Waals surface area contributed by atoms with Crippen LogP contribution in [0.4, 0.5) is 0 Å². The van der Waals surface area contributed by atoms with Crippen LogP contribution in [0, 0.1) is 0 Å². The Labute approximate surface area is 183 Å². The molecule has 1 atom stereocenters. The molecule has 1 saturated heterocycles. The predicted molar refractivity (Wildman–Crippen MR) is 120 cm³/mol. The lowest BCUT2D eigenvalue weighted by Crippen LogP contribution is -2.16. The molecule has 1 aliphatic heterocycles. The summed E-state index contributed by atoms with van der Waals surface area (Å²) in [5.41, 5.74) is 1.27. The van der Waals surface area contributed by atoms with E-state index in [0.717, 1.165) is 60.0 Å². The zero-order valence-electron chi connectivity index (χ0n) is 16.6. The molecule has 1 aromatic carbocycles. The van der Waals surface area contributed by atoms with Gasteiger partial charge in [-0.15, -0.1) is 21.5 Å². The monoisotopic (exact) mass is 437 g/mol. The van der Waals surface area contributed by atoms with Gasteiger partial charge >= 0.3 is 0 Å². The van der Waals surface area contributed by atoms with Gasteiger partial charge in [-0.1, -0.05) is 48.2 Å². The Morgan fingerprint density at radius 3 is 2.87 bits per heavy atom. The quantitative estimate of drug-likeness (QED) is 0.373. The molecule has 1 fully saturated rings. The summed E-state index contributed by atoms with van der Waals surface area (Å²) in [7, 11) is 0. The normalized spacial score (nSPS) is 16.3. The molecule has 4 aromatic rings. The van der Waals surface area contributed by atoms with Gasteiger partial charge in [0.25, 0.3) is 0 Å². The van der Waals surface area contributed by atoms with Crippen molar-refractivity contribution in [1.82, 2.24) is 24.3 Å². The van der Waals surface area contributed by atoms with Gasteiger partial charge in [0.05, 0.1) is 23.3 Å². The number of imidazole rings is 1. The average Bonchev–Trinajstić information content (AvgIpc) is 3.57. The summed E-state index contributed by atoms with van der Waals surface area (Å²) in [6, 6.07) is 14.6. The van der Waals surface area contributed by atoms with E-state index in [9.17, 15) is 0 Å². The van der Waals surface area contributed by atoms with E-state index in [4.69, 9.17) is 4.74 Å². The largest absolute Gasteiger partial charge is 0.376 e. The Kier molecular flexibility index (Phi) is 5.96. The van der Waals surface area contributed by atoms with Crippen LogP contribution in [-0.4, -0.2) is 37.0 Å². The number of rotatable bonds is 8. The van der Waals surface area contributed by atoms with Gasteiger partial charge < -0.3 is 9.30 Å². The second-order valence-electron chi connectivity index (χ2n) is 7.27. The zero-order chi connectivity index (χ0) is 20.2. The molecule has 0 amide bonds. The number of benzene rings is 1. The van der Waals surface area contributed by atoms with E-state index >= 15 is 0 Å². The summed E-state index contributed by atoms with van der Waals surface area (Å²) in [6.07, 6.45) is 6.36. The molecule has 0 radical (unpaired) electrons. The first-order valence-corrected chi connectivity index (χ1v) is 12.0. The summed E-state index contributed by atoms with van der Waals surface area (Å²) in [4.78, 5) is 5.72. The van der Waals surface area contributed by atoms with Gasteiger partial charge in [0.2, 0.25) is 0 Å². The molecule has 4 heterocycles. The van der Waals surface area contributed by atoms with Crippen LogP contribution in [0.25, 0.3) is 10.7 Å². The second kappa shape index (κ2) is 9.16. The number of thiophene rings is 1. The molecule has 3 aromatic heterocycles. The lowest BCUT2D eigenvalue weighted by atomic mass is 10.2. The summed E-state index contributed by atoms with van der Waals surface area (Å²) in [6.45, 7) is 2.46. The standard InChI is InChI=1S/C22H23N5OS2/c1-2-6-17(7-3-1)14-26-11-10-23-20(26)16-30-22-25-24-21(19-9-5-13-29-19)27(22)15-18-8-4-12-28-18/h1-3,5-7,9-11,13,18H,4,8,12,14-16H2/t18-/m0/s1. The highest BCUT2D eigenvalue weighted by Gasteiger charge is 2.22. The number of aromatic nitrogens is 5. The van der Waals surface area contributed by atoms with Gasteiger partial charge in [-0.2, -0.15) is 0 Å². The van der Waals surface area contributed by atoms with Crippen molar-refractivity contribution in [2.24, 2.45) is 0 Å². The minimum atomic E-state index is 0.235. The van der Waals surface area contributed by atoms with Gasteiger partial charge in [-0.05, 0) is 29.9 Å². The van der Waals surface area contributed by atoms with Crippen molar-refractivity contribution in [1.29, 1.82) is 0 Å². The van der Waals surface area contributed by atoms with Crippen LogP contribution in [0.5, 0.6) is 0 Å². The maximum absolute atomic E-state index is 5.89. The van der Waals surface area contributed by atoms with Crippen molar-refractivity contribution in [3.05, 3.63) is 71.6 Å². The molecule has 0 aliphatic carbocycles. The van der Waals surface area contributed by atoms with E-state index in [0.29, 0.717) is 0 Å². The molecule has 0 unspecified atom stereocenters. The molecule has 5 rings (SSSR count). The number of nitrogens with zero attached hydrogens (tertiary/aromatic N) is 5. The fraction of sp³-hybridized carbons (Fsp3) is 0.318. The third-order valence-electron chi connectivity index (χ3n) is 5.20. The van der Waals surface area contributed by atoms with Crippen molar-refractivity contribution < 1.29 is 4.74 Å². The topological polar surface area (TPSA) is 57.8 Å². The maximum Gasteiger partial charge on any atom is 0.192 e. The van der Waals surface area contributed by atoms with E-state index in [-0.39, 0.29) is 6.10 Å². The van der Waals surface area contributed by atoms with Crippen LogP contribution >= 0.6 is 23.1 Å². The van der Waals surface area contributed by atoms with Crippen molar-refractivity contribution in [3.8, 4) is 10.7 Å². The molecule has 30 heavy (non-hydrogen) atoms. The highest BCUT2D eigenvalue weighted by Crippen LogP contribution is 2.30. The van der Waals surface area contributed by atoms with Crippen molar-refractivity contribution in [2.45, 2.75) is 42.9 Å². The van der Waals surface area contributed by atoms with Crippen LogP contribution in [-0.2, 0) is 23.6 Å². The zero-order valence-corrected chi connectivity index (χ0v) is 18.2. The van der Waals surface area contributed by atoms with Crippen molar-refractivity contribution in [2.75, 3.05) is 6.61 Å². The average molecular weight is 438 g/mol. The Morgan fingerprint density at radius 2 is 2.07 bits per heavy atom. The minimum Gasteiger partial charge on any atom is -0.376 e. The summed E-state index contributed by atoms with van der Waals surface area (Å²) in [5.74, 6) is 2.71. The number of hydrogen-bond acceptors (Lipinski definition) is 6. The molecule has 0 spiro atoms. The smallest absolute Gasteiger partial charge is 0.192 e. The third kappa shape index (κ3) is 4.35. The van der Waals surface area contributed by atoms with E-state index in [1.54, 1.807) is 23.1 Å². The fourth-order valence-electron chi connectivity index (χ4n) is 3.67.